The molecule has 0 aliphatic heterocycles. The van der Waals surface area contributed by atoms with E-state index in [9.17, 15) is 9.59 Å². The largest absolute Gasteiger partial charge is 0.321 e. The summed E-state index contributed by atoms with van der Waals surface area (Å²) in [5.41, 5.74) is 9.09. The van der Waals surface area contributed by atoms with Gasteiger partial charge in [0.15, 0.2) is 0 Å². The fourth-order valence-corrected chi connectivity index (χ4v) is 2.49. The molecule has 0 aliphatic rings. The molecule has 0 aliphatic carbocycles. The molecule has 2 aromatic carbocycles. The van der Waals surface area contributed by atoms with Crippen molar-refractivity contribution in [1.29, 1.82) is 0 Å². The summed E-state index contributed by atoms with van der Waals surface area (Å²) >= 11 is 0. The molecular formula is C21H20N4O2. The number of rotatable bonds is 6. The normalized spacial score (nSPS) is 10.3. The molecule has 3 rings (SSSR count). The second-order valence-electron chi connectivity index (χ2n) is 6.03. The second kappa shape index (κ2) is 8.73. The number of hydrazine groups is 1. The molecule has 6 heteroatoms. The quantitative estimate of drug-likeness (QED) is 0.590. The van der Waals surface area contributed by atoms with E-state index in [-0.39, 0.29) is 11.8 Å². The van der Waals surface area contributed by atoms with Crippen molar-refractivity contribution < 1.29 is 9.59 Å². The lowest BCUT2D eigenvalue weighted by Gasteiger charge is -2.12. The Kier molecular flexibility index (Phi) is 5.91. The van der Waals surface area contributed by atoms with E-state index in [1.54, 1.807) is 48.8 Å². The van der Waals surface area contributed by atoms with Crippen LogP contribution >= 0.6 is 0 Å². The van der Waals surface area contributed by atoms with Crippen LogP contribution in [0.3, 0.4) is 0 Å². The van der Waals surface area contributed by atoms with Crippen molar-refractivity contribution in [3.05, 3.63) is 95.3 Å². The van der Waals surface area contributed by atoms with E-state index >= 15 is 0 Å². The monoisotopic (exact) mass is 360 g/mol. The number of aryl methyl sites for hydroxylation is 1. The zero-order chi connectivity index (χ0) is 19.1. The molecule has 136 valence electrons. The molecule has 0 saturated heterocycles. The van der Waals surface area contributed by atoms with Gasteiger partial charge in [0.05, 0.1) is 11.3 Å². The lowest BCUT2D eigenvalue weighted by atomic mass is 10.1. The summed E-state index contributed by atoms with van der Waals surface area (Å²) < 4.78 is 0. The van der Waals surface area contributed by atoms with E-state index in [2.05, 4.69) is 21.2 Å². The Morgan fingerprint density at radius 2 is 1.59 bits per heavy atom. The smallest absolute Gasteiger partial charge is 0.267 e. The summed E-state index contributed by atoms with van der Waals surface area (Å²) in [6.07, 6.45) is 3.09. The Morgan fingerprint density at radius 3 is 2.33 bits per heavy atom. The highest BCUT2D eigenvalue weighted by atomic mass is 16.2. The Hall–Kier alpha value is -3.51. The average Bonchev–Trinajstić information content (AvgIpc) is 2.70. The SMILES string of the molecule is Cc1ccc(CNNC(=O)c2ccccc2NC(=O)c2ccncc2)cc1. The van der Waals surface area contributed by atoms with Gasteiger partial charge in [-0.05, 0) is 36.8 Å². The summed E-state index contributed by atoms with van der Waals surface area (Å²) in [6, 6.07) is 18.1. The van der Waals surface area contributed by atoms with Gasteiger partial charge in [0.2, 0.25) is 0 Å². The topological polar surface area (TPSA) is 83.1 Å². The maximum atomic E-state index is 12.5. The van der Waals surface area contributed by atoms with Gasteiger partial charge in [0, 0.05) is 24.5 Å². The zero-order valence-corrected chi connectivity index (χ0v) is 14.9. The predicted molar refractivity (Wildman–Crippen MR) is 104 cm³/mol. The summed E-state index contributed by atoms with van der Waals surface area (Å²) in [7, 11) is 0. The van der Waals surface area contributed by atoms with Crippen LogP contribution in [0.25, 0.3) is 0 Å². The van der Waals surface area contributed by atoms with Gasteiger partial charge < -0.3 is 5.32 Å². The van der Waals surface area contributed by atoms with E-state index in [1.807, 2.05) is 31.2 Å². The number of hydrogen-bond donors (Lipinski definition) is 3. The molecule has 0 bridgehead atoms. The van der Waals surface area contributed by atoms with E-state index in [0.717, 1.165) is 5.56 Å². The standard InChI is InChI=1S/C21H20N4O2/c1-15-6-8-16(9-7-15)14-23-25-21(27)18-4-2-3-5-19(18)24-20(26)17-10-12-22-13-11-17/h2-13,23H,14H2,1H3,(H,24,26)(H,25,27). The van der Waals surface area contributed by atoms with Crippen molar-refractivity contribution in [2.75, 3.05) is 5.32 Å². The molecule has 0 atom stereocenters. The van der Waals surface area contributed by atoms with E-state index in [0.29, 0.717) is 23.4 Å². The van der Waals surface area contributed by atoms with Crippen LogP contribution in [0.5, 0.6) is 0 Å². The molecule has 3 aromatic rings. The highest BCUT2D eigenvalue weighted by Gasteiger charge is 2.13. The summed E-state index contributed by atoms with van der Waals surface area (Å²) in [6.45, 7) is 2.52. The number of nitrogens with zero attached hydrogens (tertiary/aromatic N) is 1. The minimum absolute atomic E-state index is 0.301. The lowest BCUT2D eigenvalue weighted by Crippen LogP contribution is -2.37. The molecule has 0 saturated carbocycles. The Bertz CT molecular complexity index is 924. The molecule has 27 heavy (non-hydrogen) atoms. The van der Waals surface area contributed by atoms with Gasteiger partial charge in [-0.2, -0.15) is 0 Å². The minimum Gasteiger partial charge on any atom is -0.321 e. The number of anilines is 1. The van der Waals surface area contributed by atoms with Gasteiger partial charge in [0.1, 0.15) is 0 Å². The maximum absolute atomic E-state index is 12.5. The van der Waals surface area contributed by atoms with Gasteiger partial charge in [-0.25, -0.2) is 5.43 Å². The fraction of sp³-hybridized carbons (Fsp3) is 0.0952. The van der Waals surface area contributed by atoms with Gasteiger partial charge >= 0.3 is 0 Å². The highest BCUT2D eigenvalue weighted by molar-refractivity contribution is 6.08. The molecule has 0 radical (unpaired) electrons. The Labute approximate surface area is 157 Å². The van der Waals surface area contributed by atoms with E-state index in [4.69, 9.17) is 0 Å². The zero-order valence-electron chi connectivity index (χ0n) is 14.9. The first kappa shape index (κ1) is 18.3. The van der Waals surface area contributed by atoms with Crippen LogP contribution in [-0.2, 0) is 6.54 Å². The van der Waals surface area contributed by atoms with Crippen molar-refractivity contribution >= 4 is 17.5 Å². The first-order valence-electron chi connectivity index (χ1n) is 8.52. The van der Waals surface area contributed by atoms with E-state index in [1.165, 1.54) is 5.56 Å². The molecule has 1 aromatic heterocycles. The Morgan fingerprint density at radius 1 is 0.889 bits per heavy atom. The minimum atomic E-state index is -0.326. The van der Waals surface area contributed by atoms with Gasteiger partial charge in [-0.1, -0.05) is 42.0 Å². The van der Waals surface area contributed by atoms with Crippen LogP contribution < -0.4 is 16.2 Å². The highest BCUT2D eigenvalue weighted by Crippen LogP contribution is 2.16. The molecular weight excluding hydrogens is 340 g/mol. The van der Waals surface area contributed by atoms with Crippen LogP contribution in [0.15, 0.2) is 73.1 Å². The van der Waals surface area contributed by atoms with Crippen molar-refractivity contribution in [3.63, 3.8) is 0 Å². The molecule has 1 heterocycles. The number of nitrogens with one attached hydrogen (secondary N) is 3. The summed E-state index contributed by atoms with van der Waals surface area (Å²) in [5.74, 6) is -0.627. The third-order valence-corrected chi connectivity index (χ3v) is 3.98. The van der Waals surface area contributed by atoms with Crippen LogP contribution in [0.2, 0.25) is 0 Å². The van der Waals surface area contributed by atoms with Crippen molar-refractivity contribution in [3.8, 4) is 0 Å². The van der Waals surface area contributed by atoms with Crippen LogP contribution in [0.4, 0.5) is 5.69 Å². The van der Waals surface area contributed by atoms with Crippen molar-refractivity contribution in [1.82, 2.24) is 15.8 Å². The number of hydrogen-bond acceptors (Lipinski definition) is 4. The van der Waals surface area contributed by atoms with Gasteiger partial charge in [-0.15, -0.1) is 0 Å². The van der Waals surface area contributed by atoms with Crippen molar-refractivity contribution in [2.24, 2.45) is 0 Å². The molecule has 0 spiro atoms. The first-order valence-corrected chi connectivity index (χ1v) is 8.52. The number of carbonyl (C=O) groups excluding carboxylic acids is 2. The lowest BCUT2D eigenvalue weighted by molar-refractivity contribution is 0.0933. The van der Waals surface area contributed by atoms with Crippen LogP contribution in [0.1, 0.15) is 31.8 Å². The summed E-state index contributed by atoms with van der Waals surface area (Å²) in [4.78, 5) is 28.7. The number of para-hydroxylation sites is 1. The van der Waals surface area contributed by atoms with Crippen LogP contribution in [0, 0.1) is 6.92 Å². The third kappa shape index (κ3) is 4.99. The molecule has 3 N–H and O–H groups in total. The second-order valence-corrected chi connectivity index (χ2v) is 6.03. The number of aromatic nitrogens is 1. The molecule has 0 unspecified atom stereocenters. The van der Waals surface area contributed by atoms with Gasteiger partial charge in [-0.3, -0.25) is 20.0 Å². The molecule has 6 nitrogen and oxygen atoms in total. The fourth-order valence-electron chi connectivity index (χ4n) is 2.49. The summed E-state index contributed by atoms with van der Waals surface area (Å²) in [5, 5.41) is 2.77. The number of pyridine rings is 1. The predicted octanol–water partition coefficient (Wildman–Crippen LogP) is 3.08. The maximum Gasteiger partial charge on any atom is 0.267 e. The third-order valence-electron chi connectivity index (χ3n) is 3.98. The number of carbonyl (C=O) groups is 2. The number of benzene rings is 2. The Balaban J connectivity index is 1.63. The van der Waals surface area contributed by atoms with Crippen LogP contribution in [-0.4, -0.2) is 16.8 Å². The molecule has 0 fully saturated rings. The van der Waals surface area contributed by atoms with Gasteiger partial charge in [0.25, 0.3) is 11.8 Å². The average molecular weight is 360 g/mol. The van der Waals surface area contributed by atoms with Crippen molar-refractivity contribution in [2.45, 2.75) is 13.5 Å². The molecule has 2 amide bonds. The first-order chi connectivity index (χ1) is 13.1. The number of amides is 2. The van der Waals surface area contributed by atoms with E-state index < -0.39 is 0 Å².